The molecule has 0 unspecified atom stereocenters. The molecule has 6 nitrogen and oxygen atoms in total. The van der Waals surface area contributed by atoms with E-state index >= 15 is 0 Å². The number of hydrogen-bond donors (Lipinski definition) is 1. The lowest BCUT2D eigenvalue weighted by molar-refractivity contribution is 0.171. The van der Waals surface area contributed by atoms with Gasteiger partial charge in [0.2, 0.25) is 0 Å². The number of methoxy groups -OCH3 is 1. The van der Waals surface area contributed by atoms with Crippen molar-refractivity contribution >= 4 is 23.2 Å². The van der Waals surface area contributed by atoms with Crippen molar-refractivity contribution in [2.24, 2.45) is 5.10 Å². The number of aromatic nitrogens is 1. The van der Waals surface area contributed by atoms with Crippen molar-refractivity contribution in [3.05, 3.63) is 65.4 Å². The Bertz CT molecular complexity index is 1020. The smallest absolute Gasteiger partial charge is 0.427 e. The van der Waals surface area contributed by atoms with Crippen LogP contribution in [0.25, 0.3) is 10.9 Å². The van der Waals surface area contributed by atoms with E-state index in [9.17, 15) is 4.79 Å². The molecule has 0 aliphatic carbocycles. The van der Waals surface area contributed by atoms with E-state index in [1.54, 1.807) is 6.21 Å². The first-order chi connectivity index (χ1) is 14.0. The number of hydrazone groups is 1. The molecule has 1 N–H and O–H groups in total. The Morgan fingerprint density at radius 3 is 2.79 bits per heavy atom. The van der Waals surface area contributed by atoms with E-state index in [-0.39, 0.29) is 0 Å². The third-order valence-electron chi connectivity index (χ3n) is 4.75. The van der Waals surface area contributed by atoms with Gasteiger partial charge in [0.05, 0.1) is 19.9 Å². The molecule has 0 spiro atoms. The molecule has 0 atom stereocenters. The highest BCUT2D eigenvalue weighted by molar-refractivity contribution is 5.99. The molecule has 2 aromatic carbocycles. The number of nitrogens with zero attached hydrogens (tertiary/aromatic N) is 2. The largest absolute Gasteiger partial charge is 0.491 e. The van der Waals surface area contributed by atoms with Gasteiger partial charge in [0.1, 0.15) is 12.4 Å². The quantitative estimate of drug-likeness (QED) is 0.461. The van der Waals surface area contributed by atoms with Crippen molar-refractivity contribution in [1.29, 1.82) is 0 Å². The van der Waals surface area contributed by atoms with Crippen molar-refractivity contribution in [2.75, 3.05) is 13.7 Å². The molecule has 0 aliphatic rings. The molecule has 3 rings (SSSR count). The molecule has 0 saturated heterocycles. The number of hydrogen-bond acceptors (Lipinski definition) is 4. The van der Waals surface area contributed by atoms with E-state index in [0.29, 0.717) is 19.1 Å². The van der Waals surface area contributed by atoms with Crippen molar-refractivity contribution in [1.82, 2.24) is 9.99 Å². The number of carbonyl (C=O) groups is 1. The first kappa shape index (κ1) is 20.5. The Hall–Kier alpha value is -3.28. The Labute approximate surface area is 171 Å². The summed E-state index contributed by atoms with van der Waals surface area (Å²) in [7, 11) is 1.30. The second-order valence-electron chi connectivity index (χ2n) is 7.20. The highest BCUT2D eigenvalue weighted by Crippen LogP contribution is 2.27. The summed E-state index contributed by atoms with van der Waals surface area (Å²) in [5.74, 6) is 1.35. The Morgan fingerprint density at radius 2 is 2.03 bits per heavy atom. The highest BCUT2D eigenvalue weighted by Gasteiger charge is 2.10. The maximum Gasteiger partial charge on any atom is 0.427 e. The fourth-order valence-electron chi connectivity index (χ4n) is 3.26. The van der Waals surface area contributed by atoms with Crippen LogP contribution >= 0.6 is 0 Å². The summed E-state index contributed by atoms with van der Waals surface area (Å²) < 4.78 is 12.8. The molecule has 0 saturated carbocycles. The number of benzene rings is 2. The van der Waals surface area contributed by atoms with Gasteiger partial charge in [-0.05, 0) is 36.1 Å². The van der Waals surface area contributed by atoms with Crippen LogP contribution in [0.4, 0.5) is 4.79 Å². The number of aryl methyl sites for hydroxylation is 1. The van der Waals surface area contributed by atoms with E-state index in [2.05, 4.69) is 64.9 Å². The Balaban J connectivity index is 1.76. The maximum atomic E-state index is 11.2. The SMILES string of the molecule is COC(=O)NN=Cc1cn(CCOc2cc(C)ccc2C(C)C)c2ccccc12. The number of amides is 1. The van der Waals surface area contributed by atoms with Gasteiger partial charge in [-0.25, -0.2) is 10.2 Å². The molecular formula is C23H27N3O3. The van der Waals surface area contributed by atoms with Crippen molar-refractivity contribution in [3.8, 4) is 5.75 Å². The minimum atomic E-state index is -0.600. The first-order valence-electron chi connectivity index (χ1n) is 9.68. The van der Waals surface area contributed by atoms with E-state index < -0.39 is 6.09 Å². The molecule has 1 amide bonds. The number of nitrogens with one attached hydrogen (secondary N) is 1. The fraction of sp³-hybridized carbons (Fsp3) is 0.304. The third kappa shape index (κ3) is 4.96. The molecule has 3 aromatic rings. The zero-order valence-electron chi connectivity index (χ0n) is 17.3. The lowest BCUT2D eigenvalue weighted by Gasteiger charge is -2.15. The van der Waals surface area contributed by atoms with Gasteiger partial charge in [0, 0.05) is 22.7 Å². The van der Waals surface area contributed by atoms with Crippen LogP contribution in [-0.4, -0.2) is 30.6 Å². The van der Waals surface area contributed by atoms with E-state index in [1.807, 2.05) is 24.4 Å². The molecule has 29 heavy (non-hydrogen) atoms. The zero-order valence-corrected chi connectivity index (χ0v) is 17.3. The summed E-state index contributed by atoms with van der Waals surface area (Å²) in [5, 5.41) is 5.01. The van der Waals surface area contributed by atoms with Crippen molar-refractivity contribution in [3.63, 3.8) is 0 Å². The normalized spacial score (nSPS) is 11.3. The average molecular weight is 393 g/mol. The zero-order chi connectivity index (χ0) is 20.8. The van der Waals surface area contributed by atoms with Crippen LogP contribution in [0, 0.1) is 6.92 Å². The number of rotatable bonds is 7. The average Bonchev–Trinajstić information content (AvgIpc) is 3.05. The number of para-hydroxylation sites is 1. The molecule has 1 aromatic heterocycles. The van der Waals surface area contributed by atoms with Gasteiger partial charge in [0.15, 0.2) is 0 Å². The molecular weight excluding hydrogens is 366 g/mol. The Kier molecular flexibility index (Phi) is 6.54. The van der Waals surface area contributed by atoms with Gasteiger partial charge in [-0.1, -0.05) is 44.2 Å². The predicted octanol–water partition coefficient (Wildman–Crippen LogP) is 4.84. The van der Waals surface area contributed by atoms with Gasteiger partial charge in [-0.15, -0.1) is 0 Å². The van der Waals surface area contributed by atoms with E-state index in [1.165, 1.54) is 18.2 Å². The molecule has 1 heterocycles. The number of ether oxygens (including phenoxy) is 2. The summed E-state index contributed by atoms with van der Waals surface area (Å²) in [5.41, 5.74) is 6.72. The van der Waals surface area contributed by atoms with Crippen molar-refractivity contribution < 1.29 is 14.3 Å². The van der Waals surface area contributed by atoms with Crippen molar-refractivity contribution in [2.45, 2.75) is 33.2 Å². The molecule has 0 fully saturated rings. The summed E-state index contributed by atoms with van der Waals surface area (Å²) in [6, 6.07) is 14.4. The van der Waals surface area contributed by atoms with Gasteiger partial charge < -0.3 is 14.0 Å². The lowest BCUT2D eigenvalue weighted by atomic mass is 10.0. The maximum absolute atomic E-state index is 11.2. The van der Waals surface area contributed by atoms with Gasteiger partial charge in [-0.3, -0.25) is 0 Å². The summed E-state index contributed by atoms with van der Waals surface area (Å²) in [4.78, 5) is 11.2. The third-order valence-corrected chi connectivity index (χ3v) is 4.75. The van der Waals surface area contributed by atoms with E-state index in [4.69, 9.17) is 4.74 Å². The number of fused-ring (bicyclic) bond motifs is 1. The second-order valence-corrected chi connectivity index (χ2v) is 7.20. The van der Waals surface area contributed by atoms with Crippen LogP contribution in [0.5, 0.6) is 5.75 Å². The number of carbonyl (C=O) groups excluding carboxylic acids is 1. The minimum Gasteiger partial charge on any atom is -0.491 e. The van der Waals surface area contributed by atoms with Gasteiger partial charge >= 0.3 is 6.09 Å². The summed E-state index contributed by atoms with van der Waals surface area (Å²) in [6.45, 7) is 7.67. The van der Waals surface area contributed by atoms with Crippen LogP contribution < -0.4 is 10.2 Å². The second kappa shape index (κ2) is 9.28. The van der Waals surface area contributed by atoms with Crippen LogP contribution in [0.1, 0.15) is 36.5 Å². The standard InChI is InChI=1S/C23H27N3O3/c1-16(2)19-10-9-17(3)13-22(19)29-12-11-26-15-18(14-24-25-23(27)28-4)20-7-5-6-8-21(20)26/h5-10,13-16H,11-12H2,1-4H3,(H,25,27). The van der Waals surface area contributed by atoms with Crippen LogP contribution in [-0.2, 0) is 11.3 Å². The topological polar surface area (TPSA) is 64.8 Å². The van der Waals surface area contributed by atoms with Crippen LogP contribution in [0.2, 0.25) is 0 Å². The summed E-state index contributed by atoms with van der Waals surface area (Å²) >= 11 is 0. The molecule has 0 radical (unpaired) electrons. The molecule has 152 valence electrons. The predicted molar refractivity (Wildman–Crippen MR) is 116 cm³/mol. The first-order valence-corrected chi connectivity index (χ1v) is 9.68. The highest BCUT2D eigenvalue weighted by atomic mass is 16.5. The lowest BCUT2D eigenvalue weighted by Crippen LogP contribution is -2.16. The monoisotopic (exact) mass is 393 g/mol. The van der Waals surface area contributed by atoms with Crippen LogP contribution in [0.3, 0.4) is 0 Å². The molecule has 0 bridgehead atoms. The Morgan fingerprint density at radius 1 is 1.24 bits per heavy atom. The van der Waals surface area contributed by atoms with Gasteiger partial charge in [0.25, 0.3) is 0 Å². The van der Waals surface area contributed by atoms with E-state index in [0.717, 1.165) is 22.2 Å². The minimum absolute atomic E-state index is 0.406. The molecule has 6 heteroatoms. The summed E-state index contributed by atoms with van der Waals surface area (Å²) in [6.07, 6.45) is 3.03. The fourth-order valence-corrected chi connectivity index (χ4v) is 3.26. The van der Waals surface area contributed by atoms with Gasteiger partial charge in [-0.2, -0.15) is 5.10 Å². The molecule has 0 aliphatic heterocycles. The van der Waals surface area contributed by atoms with Crippen LogP contribution in [0.15, 0.2) is 53.8 Å².